The fourth-order valence-corrected chi connectivity index (χ4v) is 3.88. The Hall–Kier alpha value is -2.10. The molecular formula is C20H19BrClFN4O2S. The zero-order chi connectivity index (χ0) is 21.7. The Kier molecular flexibility index (Phi) is 7.74. The standard InChI is InChI=1S/C20H19BrClFN4O2S/c1-3-27-18(10-29-14-5-6-15(22)12(2)8-14)25-26-20(27)30-11-19(28)24-17-7-4-13(21)9-16(17)23/h4-9H,3,10-11H2,1-2H3,(H,24,28). The highest BCUT2D eigenvalue weighted by molar-refractivity contribution is 9.10. The molecule has 0 unspecified atom stereocenters. The van der Waals surface area contributed by atoms with Gasteiger partial charge in [0.2, 0.25) is 5.91 Å². The van der Waals surface area contributed by atoms with E-state index in [2.05, 4.69) is 31.4 Å². The summed E-state index contributed by atoms with van der Waals surface area (Å²) < 4.78 is 22.1. The monoisotopic (exact) mass is 512 g/mol. The summed E-state index contributed by atoms with van der Waals surface area (Å²) in [5.41, 5.74) is 1.06. The SMILES string of the molecule is CCn1c(COc2ccc(Cl)c(C)c2)nnc1SCC(=O)Nc1ccc(Br)cc1F. The Morgan fingerprint density at radius 3 is 2.80 bits per heavy atom. The number of benzene rings is 2. The van der Waals surface area contributed by atoms with Gasteiger partial charge < -0.3 is 14.6 Å². The average molecular weight is 514 g/mol. The van der Waals surface area contributed by atoms with Gasteiger partial charge in [-0.3, -0.25) is 4.79 Å². The molecule has 3 rings (SSSR count). The topological polar surface area (TPSA) is 69.0 Å². The number of carbonyl (C=O) groups excluding carboxylic acids is 1. The lowest BCUT2D eigenvalue weighted by Crippen LogP contribution is -2.15. The van der Waals surface area contributed by atoms with E-state index in [0.717, 1.165) is 5.56 Å². The van der Waals surface area contributed by atoms with E-state index < -0.39 is 5.82 Å². The number of carbonyl (C=O) groups is 1. The van der Waals surface area contributed by atoms with Crippen molar-refractivity contribution in [1.82, 2.24) is 14.8 Å². The molecule has 1 amide bonds. The number of aryl methyl sites for hydroxylation is 1. The first kappa shape index (κ1) is 22.6. The zero-order valence-corrected chi connectivity index (χ0v) is 19.4. The predicted molar refractivity (Wildman–Crippen MR) is 120 cm³/mol. The molecule has 0 atom stereocenters. The molecule has 0 spiro atoms. The van der Waals surface area contributed by atoms with E-state index in [1.54, 1.807) is 18.2 Å². The van der Waals surface area contributed by atoms with E-state index >= 15 is 0 Å². The Balaban J connectivity index is 1.59. The van der Waals surface area contributed by atoms with Crippen molar-refractivity contribution >= 4 is 50.9 Å². The molecule has 2 aromatic carbocycles. The molecule has 0 saturated carbocycles. The van der Waals surface area contributed by atoms with Gasteiger partial charge in [-0.2, -0.15) is 0 Å². The number of halogens is 3. The van der Waals surface area contributed by atoms with Crippen LogP contribution in [-0.2, 0) is 17.9 Å². The first-order valence-corrected chi connectivity index (χ1v) is 11.2. The van der Waals surface area contributed by atoms with Crippen LogP contribution in [0.4, 0.5) is 10.1 Å². The average Bonchev–Trinajstić information content (AvgIpc) is 3.11. The second kappa shape index (κ2) is 10.3. The minimum Gasteiger partial charge on any atom is -0.486 e. The van der Waals surface area contributed by atoms with Gasteiger partial charge >= 0.3 is 0 Å². The maximum absolute atomic E-state index is 13.9. The highest BCUT2D eigenvalue weighted by Gasteiger charge is 2.15. The molecule has 0 aliphatic carbocycles. The van der Waals surface area contributed by atoms with Crippen molar-refractivity contribution in [1.29, 1.82) is 0 Å². The molecular weight excluding hydrogens is 495 g/mol. The summed E-state index contributed by atoms with van der Waals surface area (Å²) >= 11 is 10.4. The van der Waals surface area contributed by atoms with Crippen LogP contribution in [0.25, 0.3) is 0 Å². The van der Waals surface area contributed by atoms with Crippen LogP contribution in [0.2, 0.25) is 5.02 Å². The summed E-state index contributed by atoms with van der Waals surface area (Å²) in [7, 11) is 0. The molecule has 0 radical (unpaired) electrons. The van der Waals surface area contributed by atoms with Crippen molar-refractivity contribution in [2.45, 2.75) is 32.2 Å². The Labute approximate surface area is 191 Å². The third kappa shape index (κ3) is 5.74. The lowest BCUT2D eigenvalue weighted by molar-refractivity contribution is -0.113. The molecule has 6 nitrogen and oxygen atoms in total. The number of hydrogen-bond donors (Lipinski definition) is 1. The summed E-state index contributed by atoms with van der Waals surface area (Å²) in [6.07, 6.45) is 0. The molecule has 3 aromatic rings. The Bertz CT molecular complexity index is 1060. The fourth-order valence-electron chi connectivity index (χ4n) is 2.61. The van der Waals surface area contributed by atoms with Gasteiger partial charge in [-0.1, -0.05) is 39.3 Å². The van der Waals surface area contributed by atoms with Crippen LogP contribution in [0.1, 0.15) is 18.3 Å². The van der Waals surface area contributed by atoms with E-state index in [-0.39, 0.29) is 24.0 Å². The van der Waals surface area contributed by atoms with Gasteiger partial charge in [-0.25, -0.2) is 4.39 Å². The van der Waals surface area contributed by atoms with Gasteiger partial charge in [0, 0.05) is 16.0 Å². The molecule has 30 heavy (non-hydrogen) atoms. The molecule has 1 heterocycles. The van der Waals surface area contributed by atoms with Gasteiger partial charge in [0.05, 0.1) is 11.4 Å². The number of thioether (sulfide) groups is 1. The molecule has 0 bridgehead atoms. The molecule has 10 heteroatoms. The number of nitrogens with one attached hydrogen (secondary N) is 1. The van der Waals surface area contributed by atoms with E-state index in [1.165, 1.54) is 23.9 Å². The molecule has 1 N–H and O–H groups in total. The van der Waals surface area contributed by atoms with E-state index in [9.17, 15) is 9.18 Å². The number of aromatic nitrogens is 3. The van der Waals surface area contributed by atoms with Gasteiger partial charge in [0.25, 0.3) is 0 Å². The van der Waals surface area contributed by atoms with Crippen molar-refractivity contribution in [3.05, 3.63) is 63.1 Å². The second-order valence-electron chi connectivity index (χ2n) is 6.30. The molecule has 0 aliphatic rings. The van der Waals surface area contributed by atoms with Crippen molar-refractivity contribution in [3.63, 3.8) is 0 Å². The van der Waals surface area contributed by atoms with E-state index in [0.29, 0.717) is 32.8 Å². The van der Waals surface area contributed by atoms with Crippen LogP contribution in [0.15, 0.2) is 46.0 Å². The van der Waals surface area contributed by atoms with Crippen LogP contribution >= 0.6 is 39.3 Å². The molecule has 0 saturated heterocycles. The lowest BCUT2D eigenvalue weighted by atomic mass is 10.2. The van der Waals surface area contributed by atoms with Crippen LogP contribution in [0.5, 0.6) is 5.75 Å². The van der Waals surface area contributed by atoms with Gasteiger partial charge in [0.15, 0.2) is 11.0 Å². The molecule has 158 valence electrons. The van der Waals surface area contributed by atoms with Crippen LogP contribution in [0.3, 0.4) is 0 Å². The van der Waals surface area contributed by atoms with Crippen LogP contribution in [-0.4, -0.2) is 26.4 Å². The first-order chi connectivity index (χ1) is 14.4. The summed E-state index contributed by atoms with van der Waals surface area (Å²) in [4.78, 5) is 12.2. The zero-order valence-electron chi connectivity index (χ0n) is 16.3. The molecule has 0 aliphatic heterocycles. The van der Waals surface area contributed by atoms with Crippen molar-refractivity contribution in [2.75, 3.05) is 11.1 Å². The largest absolute Gasteiger partial charge is 0.486 e. The molecule has 1 aromatic heterocycles. The summed E-state index contributed by atoms with van der Waals surface area (Å²) in [5, 5.41) is 12.2. The van der Waals surface area contributed by atoms with Crippen molar-refractivity contribution < 1.29 is 13.9 Å². The number of amides is 1. The summed E-state index contributed by atoms with van der Waals surface area (Å²) in [6, 6.07) is 9.90. The third-order valence-corrected chi connectivity index (χ3v) is 6.03. The van der Waals surface area contributed by atoms with Gasteiger partial charge in [-0.15, -0.1) is 10.2 Å². The second-order valence-corrected chi connectivity index (χ2v) is 8.57. The number of ether oxygens (including phenoxy) is 1. The lowest BCUT2D eigenvalue weighted by Gasteiger charge is -2.10. The normalized spacial score (nSPS) is 10.8. The fraction of sp³-hybridized carbons (Fsp3) is 0.250. The van der Waals surface area contributed by atoms with Crippen LogP contribution in [0, 0.1) is 12.7 Å². The third-order valence-electron chi connectivity index (χ3n) is 4.14. The summed E-state index contributed by atoms with van der Waals surface area (Å²) in [5.74, 6) is 0.572. The quantitative estimate of drug-likeness (QED) is 0.405. The van der Waals surface area contributed by atoms with Crippen molar-refractivity contribution in [2.24, 2.45) is 0 Å². The number of rotatable bonds is 8. The first-order valence-electron chi connectivity index (χ1n) is 9.06. The van der Waals surface area contributed by atoms with Gasteiger partial charge in [-0.05, 0) is 55.8 Å². The van der Waals surface area contributed by atoms with E-state index in [1.807, 2.05) is 24.5 Å². The highest BCUT2D eigenvalue weighted by atomic mass is 79.9. The minimum atomic E-state index is -0.503. The molecule has 0 fully saturated rings. The number of nitrogens with zero attached hydrogens (tertiary/aromatic N) is 3. The number of anilines is 1. The predicted octanol–water partition coefficient (Wildman–Crippen LogP) is 5.47. The van der Waals surface area contributed by atoms with Gasteiger partial charge in [0.1, 0.15) is 18.2 Å². The maximum Gasteiger partial charge on any atom is 0.234 e. The Morgan fingerprint density at radius 2 is 2.10 bits per heavy atom. The Morgan fingerprint density at radius 1 is 1.30 bits per heavy atom. The van der Waals surface area contributed by atoms with Crippen LogP contribution < -0.4 is 10.1 Å². The smallest absolute Gasteiger partial charge is 0.234 e. The number of hydrogen-bond acceptors (Lipinski definition) is 5. The van der Waals surface area contributed by atoms with E-state index in [4.69, 9.17) is 16.3 Å². The highest BCUT2D eigenvalue weighted by Crippen LogP contribution is 2.23. The minimum absolute atomic E-state index is 0.0743. The maximum atomic E-state index is 13.9. The van der Waals surface area contributed by atoms with Crippen molar-refractivity contribution in [3.8, 4) is 5.75 Å². The summed E-state index contributed by atoms with van der Waals surface area (Å²) in [6.45, 7) is 4.72.